The molecule has 0 aliphatic heterocycles. The summed E-state index contributed by atoms with van der Waals surface area (Å²) in [6.07, 6.45) is 0. The fourth-order valence-electron chi connectivity index (χ4n) is 2.42. The minimum atomic E-state index is -0.126. The van der Waals surface area contributed by atoms with Gasteiger partial charge in [0, 0.05) is 22.5 Å². The van der Waals surface area contributed by atoms with Crippen LogP contribution in [0.2, 0.25) is 10.0 Å². The van der Waals surface area contributed by atoms with Gasteiger partial charge in [0.2, 0.25) is 0 Å². The largest absolute Gasteiger partial charge is 0.293 e. The molecule has 0 bridgehead atoms. The first-order valence-electron chi connectivity index (χ1n) is 6.99. The SMILES string of the molecule is CC(=O)c1nnn(Cc2cc(Cl)cc(Cl)c2)c1-c1ccccc1. The molecule has 1 heterocycles. The van der Waals surface area contributed by atoms with E-state index in [2.05, 4.69) is 10.3 Å². The summed E-state index contributed by atoms with van der Waals surface area (Å²) in [5.74, 6) is -0.126. The summed E-state index contributed by atoms with van der Waals surface area (Å²) >= 11 is 12.1. The van der Waals surface area contributed by atoms with E-state index in [1.54, 1.807) is 10.7 Å². The van der Waals surface area contributed by atoms with E-state index in [-0.39, 0.29) is 5.78 Å². The van der Waals surface area contributed by atoms with Gasteiger partial charge in [-0.2, -0.15) is 0 Å². The van der Waals surface area contributed by atoms with E-state index in [1.165, 1.54) is 6.92 Å². The first kappa shape index (κ1) is 15.7. The molecule has 0 spiro atoms. The van der Waals surface area contributed by atoms with Crippen LogP contribution in [0.4, 0.5) is 0 Å². The minimum Gasteiger partial charge on any atom is -0.293 e. The fraction of sp³-hybridized carbons (Fsp3) is 0.118. The van der Waals surface area contributed by atoms with Crippen molar-refractivity contribution in [2.75, 3.05) is 0 Å². The minimum absolute atomic E-state index is 0.126. The zero-order chi connectivity index (χ0) is 16.4. The first-order valence-corrected chi connectivity index (χ1v) is 7.75. The second kappa shape index (κ2) is 6.52. The molecule has 2 aromatic carbocycles. The van der Waals surface area contributed by atoms with Gasteiger partial charge in [-0.1, -0.05) is 58.7 Å². The van der Waals surface area contributed by atoms with Crippen LogP contribution in [0.15, 0.2) is 48.5 Å². The highest BCUT2D eigenvalue weighted by atomic mass is 35.5. The molecule has 6 heteroatoms. The van der Waals surface area contributed by atoms with E-state index < -0.39 is 0 Å². The van der Waals surface area contributed by atoms with Crippen molar-refractivity contribution < 1.29 is 4.79 Å². The van der Waals surface area contributed by atoms with Crippen molar-refractivity contribution in [1.29, 1.82) is 0 Å². The van der Waals surface area contributed by atoms with Crippen molar-refractivity contribution in [3.63, 3.8) is 0 Å². The Morgan fingerprint density at radius 2 is 1.74 bits per heavy atom. The van der Waals surface area contributed by atoms with E-state index in [0.29, 0.717) is 28.0 Å². The first-order chi connectivity index (χ1) is 11.0. The summed E-state index contributed by atoms with van der Waals surface area (Å²) < 4.78 is 1.69. The second-order valence-corrected chi connectivity index (χ2v) is 6.02. The topological polar surface area (TPSA) is 47.8 Å². The molecule has 0 fully saturated rings. The Morgan fingerprint density at radius 3 is 2.35 bits per heavy atom. The molecule has 23 heavy (non-hydrogen) atoms. The molecule has 0 saturated heterocycles. The van der Waals surface area contributed by atoms with Crippen molar-refractivity contribution in [3.8, 4) is 11.3 Å². The lowest BCUT2D eigenvalue weighted by molar-refractivity contribution is 0.101. The molecular formula is C17H13Cl2N3O. The van der Waals surface area contributed by atoms with E-state index in [9.17, 15) is 4.79 Å². The molecule has 116 valence electrons. The zero-order valence-corrected chi connectivity index (χ0v) is 13.8. The van der Waals surface area contributed by atoms with E-state index in [1.807, 2.05) is 42.5 Å². The van der Waals surface area contributed by atoms with Crippen molar-refractivity contribution in [1.82, 2.24) is 15.0 Å². The molecule has 0 atom stereocenters. The Morgan fingerprint density at radius 1 is 1.09 bits per heavy atom. The number of hydrogen-bond acceptors (Lipinski definition) is 3. The van der Waals surface area contributed by atoms with Gasteiger partial charge in [0.15, 0.2) is 11.5 Å². The molecule has 0 radical (unpaired) electrons. The number of halogens is 2. The highest BCUT2D eigenvalue weighted by Crippen LogP contribution is 2.25. The summed E-state index contributed by atoms with van der Waals surface area (Å²) in [6.45, 7) is 1.90. The number of Topliss-reactive ketones (excluding diaryl/α,β-unsaturated/α-hetero) is 1. The molecule has 1 aromatic heterocycles. The number of carbonyl (C=O) groups excluding carboxylic acids is 1. The van der Waals surface area contributed by atoms with Gasteiger partial charge in [0.1, 0.15) is 0 Å². The van der Waals surface area contributed by atoms with Crippen LogP contribution in [0.25, 0.3) is 11.3 Å². The van der Waals surface area contributed by atoms with Gasteiger partial charge in [0.05, 0.1) is 12.2 Å². The number of nitrogens with zero attached hydrogens (tertiary/aromatic N) is 3. The van der Waals surface area contributed by atoms with Crippen LogP contribution in [-0.2, 0) is 6.54 Å². The molecule has 0 saturated carbocycles. The summed E-state index contributed by atoms with van der Waals surface area (Å²) in [5.41, 5.74) is 2.81. The van der Waals surface area contributed by atoms with Gasteiger partial charge in [-0.05, 0) is 23.8 Å². The van der Waals surface area contributed by atoms with Crippen LogP contribution in [-0.4, -0.2) is 20.8 Å². The number of aromatic nitrogens is 3. The number of carbonyl (C=O) groups is 1. The number of hydrogen-bond donors (Lipinski definition) is 0. The predicted octanol–water partition coefficient (Wildman–Crippen LogP) is 4.50. The van der Waals surface area contributed by atoms with Crippen molar-refractivity contribution in [2.45, 2.75) is 13.5 Å². The third-order valence-electron chi connectivity index (χ3n) is 3.37. The van der Waals surface area contributed by atoms with Gasteiger partial charge in [-0.25, -0.2) is 4.68 Å². The standard InChI is InChI=1S/C17H13Cl2N3O/c1-11(23)16-17(13-5-3-2-4-6-13)22(21-20-16)10-12-7-14(18)9-15(19)8-12/h2-9H,10H2,1H3. The quantitative estimate of drug-likeness (QED) is 0.654. The number of ketones is 1. The Bertz CT molecular complexity index is 839. The van der Waals surface area contributed by atoms with E-state index >= 15 is 0 Å². The van der Waals surface area contributed by atoms with Crippen LogP contribution in [0.3, 0.4) is 0 Å². The summed E-state index contributed by atoms with van der Waals surface area (Å²) in [5, 5.41) is 9.27. The maximum absolute atomic E-state index is 11.9. The van der Waals surface area contributed by atoms with Crippen molar-refractivity contribution >= 4 is 29.0 Å². The summed E-state index contributed by atoms with van der Waals surface area (Å²) in [7, 11) is 0. The van der Waals surface area contributed by atoms with Gasteiger partial charge in [0.25, 0.3) is 0 Å². The Balaban J connectivity index is 2.08. The predicted molar refractivity (Wildman–Crippen MR) is 91.0 cm³/mol. The maximum Gasteiger partial charge on any atom is 0.182 e. The van der Waals surface area contributed by atoms with Crippen LogP contribution >= 0.6 is 23.2 Å². The lowest BCUT2D eigenvalue weighted by atomic mass is 10.1. The molecule has 3 aromatic rings. The van der Waals surface area contributed by atoms with E-state index in [0.717, 1.165) is 11.1 Å². The lowest BCUT2D eigenvalue weighted by Crippen LogP contribution is -2.05. The van der Waals surface area contributed by atoms with Crippen LogP contribution in [0.1, 0.15) is 23.0 Å². The third kappa shape index (κ3) is 3.44. The van der Waals surface area contributed by atoms with Gasteiger partial charge in [-0.3, -0.25) is 4.79 Å². The molecule has 4 nitrogen and oxygen atoms in total. The highest BCUT2D eigenvalue weighted by molar-refractivity contribution is 6.34. The smallest absolute Gasteiger partial charge is 0.182 e. The second-order valence-electron chi connectivity index (χ2n) is 5.14. The van der Waals surface area contributed by atoms with E-state index in [4.69, 9.17) is 23.2 Å². The van der Waals surface area contributed by atoms with Crippen molar-refractivity contribution in [3.05, 3.63) is 69.8 Å². The molecular weight excluding hydrogens is 333 g/mol. The molecule has 0 aliphatic rings. The maximum atomic E-state index is 11.9. The average molecular weight is 346 g/mol. The highest BCUT2D eigenvalue weighted by Gasteiger charge is 2.18. The molecule has 0 unspecified atom stereocenters. The fourth-order valence-corrected chi connectivity index (χ4v) is 2.99. The Labute approximate surface area is 143 Å². The number of benzene rings is 2. The van der Waals surface area contributed by atoms with Crippen LogP contribution in [0, 0.1) is 0 Å². The molecule has 0 amide bonds. The van der Waals surface area contributed by atoms with Gasteiger partial charge in [-0.15, -0.1) is 5.10 Å². The van der Waals surface area contributed by atoms with Crippen molar-refractivity contribution in [2.24, 2.45) is 0 Å². The Hall–Kier alpha value is -2.17. The monoisotopic (exact) mass is 345 g/mol. The lowest BCUT2D eigenvalue weighted by Gasteiger charge is -2.08. The zero-order valence-electron chi connectivity index (χ0n) is 12.3. The van der Waals surface area contributed by atoms with Crippen LogP contribution < -0.4 is 0 Å². The van der Waals surface area contributed by atoms with Gasteiger partial charge < -0.3 is 0 Å². The molecule has 0 aliphatic carbocycles. The van der Waals surface area contributed by atoms with Gasteiger partial charge >= 0.3 is 0 Å². The normalized spacial score (nSPS) is 10.7. The molecule has 0 N–H and O–H groups in total. The molecule has 3 rings (SSSR count). The summed E-state index contributed by atoms with van der Waals surface area (Å²) in [6, 6.07) is 14.9. The third-order valence-corrected chi connectivity index (χ3v) is 3.81. The number of rotatable bonds is 4. The Kier molecular flexibility index (Phi) is 4.46. The average Bonchev–Trinajstić information content (AvgIpc) is 2.91. The summed E-state index contributed by atoms with van der Waals surface area (Å²) in [4.78, 5) is 11.9. The van der Waals surface area contributed by atoms with Crippen LogP contribution in [0.5, 0.6) is 0 Å².